The Morgan fingerprint density at radius 1 is 1.06 bits per heavy atom. The quantitative estimate of drug-likeness (QED) is 0.506. The Kier molecular flexibility index (Phi) is 6.05. The first-order valence-electron chi connectivity index (χ1n) is 11.7. The molecular formula is C26H26F2N4O2. The molecule has 8 heteroatoms. The van der Waals surface area contributed by atoms with Gasteiger partial charge in [-0.05, 0) is 68.9 Å². The van der Waals surface area contributed by atoms with Crippen LogP contribution in [0.1, 0.15) is 68.4 Å². The molecule has 34 heavy (non-hydrogen) atoms. The van der Waals surface area contributed by atoms with Crippen molar-refractivity contribution in [1.29, 1.82) is 5.26 Å². The number of carbonyl (C=O) groups excluding carboxylic acids is 1. The third-order valence-electron chi connectivity index (χ3n) is 7.12. The van der Waals surface area contributed by atoms with Crippen molar-refractivity contribution in [2.45, 2.75) is 63.1 Å². The van der Waals surface area contributed by atoms with E-state index in [1.165, 1.54) is 6.07 Å². The second-order valence-electron chi connectivity index (χ2n) is 9.09. The molecule has 0 spiro atoms. The van der Waals surface area contributed by atoms with Gasteiger partial charge in [-0.3, -0.25) is 4.79 Å². The lowest BCUT2D eigenvalue weighted by atomic mass is 9.91. The van der Waals surface area contributed by atoms with Crippen LogP contribution < -0.4 is 4.90 Å². The number of nitrogens with zero attached hydrogens (tertiary/aromatic N) is 4. The van der Waals surface area contributed by atoms with E-state index >= 15 is 0 Å². The monoisotopic (exact) mass is 464 g/mol. The number of amides is 1. The minimum atomic E-state index is -0.986. The minimum Gasteiger partial charge on any atom is -0.381 e. The largest absolute Gasteiger partial charge is 0.381 e. The number of piperidine rings is 1. The van der Waals surface area contributed by atoms with Gasteiger partial charge in [-0.2, -0.15) is 5.26 Å². The molecule has 2 heterocycles. The highest BCUT2D eigenvalue weighted by Crippen LogP contribution is 2.41. The highest BCUT2D eigenvalue weighted by Gasteiger charge is 2.36. The van der Waals surface area contributed by atoms with Gasteiger partial charge < -0.3 is 14.2 Å². The fourth-order valence-corrected chi connectivity index (χ4v) is 5.42. The molecule has 3 aromatic rings. The van der Waals surface area contributed by atoms with E-state index in [1.807, 2.05) is 6.07 Å². The van der Waals surface area contributed by atoms with Gasteiger partial charge in [0.25, 0.3) is 0 Å². The second-order valence-corrected chi connectivity index (χ2v) is 9.09. The molecule has 176 valence electrons. The van der Waals surface area contributed by atoms with Crippen molar-refractivity contribution >= 4 is 22.6 Å². The van der Waals surface area contributed by atoms with E-state index in [0.717, 1.165) is 49.2 Å². The van der Waals surface area contributed by atoms with E-state index in [-0.39, 0.29) is 18.1 Å². The smallest absolute Gasteiger partial charge is 0.227 e. The summed E-state index contributed by atoms with van der Waals surface area (Å²) in [7, 11) is 1.74. The molecule has 0 N–H and O–H groups in total. The van der Waals surface area contributed by atoms with E-state index < -0.39 is 17.7 Å². The average Bonchev–Trinajstić information content (AvgIpc) is 3.24. The lowest BCUT2D eigenvalue weighted by molar-refractivity contribution is -0.120. The second kappa shape index (κ2) is 9.15. The third-order valence-corrected chi connectivity index (χ3v) is 7.12. The average molecular weight is 465 g/mol. The summed E-state index contributed by atoms with van der Waals surface area (Å²) >= 11 is 0. The van der Waals surface area contributed by atoms with Crippen molar-refractivity contribution < 1.29 is 18.3 Å². The van der Waals surface area contributed by atoms with E-state index in [4.69, 9.17) is 9.72 Å². The van der Waals surface area contributed by atoms with Crippen LogP contribution in [0.4, 0.5) is 14.5 Å². The number of fused-ring (bicyclic) bond motifs is 1. The fourth-order valence-electron chi connectivity index (χ4n) is 5.42. The Bertz CT molecular complexity index is 1270. The SMILES string of the molecule is COC1CCC(n2c(C3CCCC(=O)N3c3ccc(F)c(F)c3)nc3cc(C#N)ccc32)CC1. The van der Waals surface area contributed by atoms with Crippen molar-refractivity contribution in [2.75, 3.05) is 12.0 Å². The third kappa shape index (κ3) is 3.94. The van der Waals surface area contributed by atoms with Crippen molar-refractivity contribution in [3.05, 3.63) is 59.4 Å². The highest BCUT2D eigenvalue weighted by atomic mass is 19.2. The fraction of sp³-hybridized carbons (Fsp3) is 0.423. The predicted octanol–water partition coefficient (Wildman–Crippen LogP) is 5.57. The molecule has 2 fully saturated rings. The van der Waals surface area contributed by atoms with Crippen LogP contribution in [0.5, 0.6) is 0 Å². The van der Waals surface area contributed by atoms with E-state index in [0.29, 0.717) is 36.0 Å². The summed E-state index contributed by atoms with van der Waals surface area (Å²) in [6.07, 6.45) is 5.58. The van der Waals surface area contributed by atoms with Gasteiger partial charge in [-0.25, -0.2) is 13.8 Å². The normalized spacial score (nSPS) is 23.3. The first-order valence-corrected chi connectivity index (χ1v) is 11.7. The number of hydrogen-bond acceptors (Lipinski definition) is 4. The first kappa shape index (κ1) is 22.5. The van der Waals surface area contributed by atoms with Gasteiger partial charge in [0.05, 0.1) is 34.8 Å². The number of ether oxygens (including phenoxy) is 1. The first-order chi connectivity index (χ1) is 16.5. The molecule has 1 aromatic heterocycles. The molecule has 1 aliphatic heterocycles. The summed E-state index contributed by atoms with van der Waals surface area (Å²) in [5.41, 5.74) is 2.46. The summed E-state index contributed by atoms with van der Waals surface area (Å²) in [5.74, 6) is -1.35. The van der Waals surface area contributed by atoms with E-state index in [9.17, 15) is 18.8 Å². The van der Waals surface area contributed by atoms with Crippen LogP contribution in [0.15, 0.2) is 36.4 Å². The van der Waals surface area contributed by atoms with Crippen LogP contribution in [-0.2, 0) is 9.53 Å². The maximum absolute atomic E-state index is 14.1. The summed E-state index contributed by atoms with van der Waals surface area (Å²) in [6, 6.07) is 11.0. The predicted molar refractivity (Wildman–Crippen MR) is 123 cm³/mol. The maximum atomic E-state index is 14.1. The topological polar surface area (TPSA) is 71.2 Å². The van der Waals surface area contributed by atoms with Gasteiger partial charge >= 0.3 is 0 Å². The van der Waals surface area contributed by atoms with Gasteiger partial charge in [0, 0.05) is 31.3 Å². The van der Waals surface area contributed by atoms with Gasteiger partial charge in [-0.1, -0.05) is 0 Å². The van der Waals surface area contributed by atoms with E-state index in [1.54, 1.807) is 24.1 Å². The molecule has 0 bridgehead atoms. The zero-order chi connectivity index (χ0) is 23.8. The summed E-state index contributed by atoms with van der Waals surface area (Å²) in [5, 5.41) is 9.38. The van der Waals surface area contributed by atoms with Crippen LogP contribution in [0.25, 0.3) is 11.0 Å². The minimum absolute atomic E-state index is 0.137. The molecule has 1 amide bonds. The highest BCUT2D eigenvalue weighted by molar-refractivity contribution is 5.95. The number of hydrogen-bond donors (Lipinski definition) is 0. The van der Waals surface area contributed by atoms with Crippen molar-refractivity contribution in [2.24, 2.45) is 0 Å². The van der Waals surface area contributed by atoms with Gasteiger partial charge in [0.1, 0.15) is 5.82 Å². The number of aromatic nitrogens is 2. The van der Waals surface area contributed by atoms with Crippen LogP contribution in [0.2, 0.25) is 0 Å². The number of anilines is 1. The lowest BCUT2D eigenvalue weighted by Crippen LogP contribution is -2.40. The maximum Gasteiger partial charge on any atom is 0.227 e. The van der Waals surface area contributed by atoms with E-state index in [2.05, 4.69) is 10.6 Å². The Balaban J connectivity index is 1.64. The zero-order valence-corrected chi connectivity index (χ0v) is 19.0. The number of halogens is 2. The van der Waals surface area contributed by atoms with Crippen molar-refractivity contribution in [3.63, 3.8) is 0 Å². The summed E-state index contributed by atoms with van der Waals surface area (Å²) in [6.45, 7) is 0. The Morgan fingerprint density at radius 2 is 1.85 bits per heavy atom. The number of benzene rings is 2. The van der Waals surface area contributed by atoms with Crippen LogP contribution in [0.3, 0.4) is 0 Å². The summed E-state index contributed by atoms with van der Waals surface area (Å²) in [4.78, 5) is 19.6. The molecule has 6 nitrogen and oxygen atoms in total. The molecule has 1 unspecified atom stereocenters. The number of imidazole rings is 1. The van der Waals surface area contributed by atoms with Gasteiger partial charge in [0.15, 0.2) is 11.6 Å². The van der Waals surface area contributed by atoms with Crippen LogP contribution in [0, 0.1) is 23.0 Å². The molecule has 2 aromatic carbocycles. The molecule has 1 aliphatic carbocycles. The van der Waals surface area contributed by atoms with Crippen LogP contribution >= 0.6 is 0 Å². The molecule has 5 rings (SSSR count). The Morgan fingerprint density at radius 3 is 2.56 bits per heavy atom. The number of methoxy groups -OCH3 is 1. The van der Waals surface area contributed by atoms with Crippen molar-refractivity contribution in [3.8, 4) is 6.07 Å². The Hall–Kier alpha value is -3.31. The van der Waals surface area contributed by atoms with Gasteiger partial charge in [-0.15, -0.1) is 0 Å². The summed E-state index contributed by atoms with van der Waals surface area (Å²) < 4.78 is 35.5. The molecule has 1 atom stereocenters. The Labute approximate surface area is 196 Å². The molecule has 2 aliphatic rings. The van der Waals surface area contributed by atoms with Crippen molar-refractivity contribution in [1.82, 2.24) is 9.55 Å². The van der Waals surface area contributed by atoms with Crippen LogP contribution in [-0.4, -0.2) is 28.7 Å². The number of carbonyl (C=O) groups is 1. The molecular weight excluding hydrogens is 438 g/mol. The zero-order valence-electron chi connectivity index (χ0n) is 19.0. The molecule has 1 saturated carbocycles. The number of rotatable bonds is 4. The lowest BCUT2D eigenvalue weighted by Gasteiger charge is -2.37. The van der Waals surface area contributed by atoms with Gasteiger partial charge in [0.2, 0.25) is 5.91 Å². The standard InChI is InChI=1S/C26H26F2N4O2/c1-34-19-9-6-17(7-10-19)32-23-12-5-16(15-29)13-22(23)30-26(32)24-3-2-4-25(33)31(24)18-8-11-20(27)21(28)14-18/h5,8,11-14,17,19,24H,2-4,6-7,9-10H2,1H3. The molecule has 0 radical (unpaired) electrons. The number of nitriles is 1. The molecule has 1 saturated heterocycles.